The van der Waals surface area contributed by atoms with Gasteiger partial charge in [0.25, 0.3) is 0 Å². The molecule has 2 fully saturated rings. The van der Waals surface area contributed by atoms with Gasteiger partial charge in [0.05, 0.1) is 5.41 Å². The molecule has 2 aliphatic rings. The quantitative estimate of drug-likeness (QED) is 0.870. The number of nitrogens with zero attached hydrogens (tertiary/aromatic N) is 1. The number of aliphatic hydroxyl groups is 1. The standard InChI is InChI=1S/C19H28N2O3/c1-15-4-2-3-5-17(15)19(7-12-24-13-8-19)18(23)21-10-9-20-16(14-21)6-11-22/h2-5,16,20,22H,6-14H2,1H3. The van der Waals surface area contributed by atoms with Gasteiger partial charge >= 0.3 is 0 Å². The Kier molecular flexibility index (Phi) is 5.54. The van der Waals surface area contributed by atoms with Crippen molar-refractivity contribution in [3.05, 3.63) is 35.4 Å². The van der Waals surface area contributed by atoms with Crippen LogP contribution in [0.5, 0.6) is 0 Å². The third-order valence-electron chi connectivity index (χ3n) is 5.44. The number of ether oxygens (including phenoxy) is 1. The summed E-state index contributed by atoms with van der Waals surface area (Å²) in [5.74, 6) is 0.226. The van der Waals surface area contributed by atoms with E-state index in [1.807, 2.05) is 17.0 Å². The third-order valence-corrected chi connectivity index (χ3v) is 5.44. The van der Waals surface area contributed by atoms with Crippen molar-refractivity contribution in [3.63, 3.8) is 0 Å². The number of nitrogens with one attached hydrogen (secondary N) is 1. The van der Waals surface area contributed by atoms with Crippen LogP contribution < -0.4 is 5.32 Å². The number of amides is 1. The van der Waals surface area contributed by atoms with Crippen LogP contribution in [-0.4, -0.2) is 61.4 Å². The van der Waals surface area contributed by atoms with Crippen molar-refractivity contribution < 1.29 is 14.6 Å². The Labute approximate surface area is 144 Å². The summed E-state index contributed by atoms with van der Waals surface area (Å²) in [6.07, 6.45) is 2.17. The number of rotatable bonds is 4. The van der Waals surface area contributed by atoms with Gasteiger partial charge in [-0.1, -0.05) is 24.3 Å². The highest BCUT2D eigenvalue weighted by atomic mass is 16.5. The number of carbonyl (C=O) groups excluding carboxylic acids is 1. The molecule has 1 unspecified atom stereocenters. The molecule has 1 aromatic rings. The molecule has 24 heavy (non-hydrogen) atoms. The maximum Gasteiger partial charge on any atom is 0.233 e. The molecule has 0 radical (unpaired) electrons. The van der Waals surface area contributed by atoms with Gasteiger partial charge < -0.3 is 20.1 Å². The van der Waals surface area contributed by atoms with Crippen molar-refractivity contribution in [1.82, 2.24) is 10.2 Å². The van der Waals surface area contributed by atoms with E-state index in [1.54, 1.807) is 0 Å². The van der Waals surface area contributed by atoms with E-state index in [0.29, 0.717) is 26.2 Å². The predicted molar refractivity (Wildman–Crippen MR) is 93.0 cm³/mol. The van der Waals surface area contributed by atoms with E-state index in [-0.39, 0.29) is 18.6 Å². The van der Waals surface area contributed by atoms with Gasteiger partial charge in [0.2, 0.25) is 5.91 Å². The van der Waals surface area contributed by atoms with Gasteiger partial charge in [-0.2, -0.15) is 0 Å². The van der Waals surface area contributed by atoms with Crippen LogP contribution >= 0.6 is 0 Å². The van der Waals surface area contributed by atoms with Crippen molar-refractivity contribution in [2.24, 2.45) is 0 Å². The zero-order chi connectivity index (χ0) is 17.0. The molecule has 1 atom stereocenters. The summed E-state index contributed by atoms with van der Waals surface area (Å²) in [6, 6.07) is 8.43. The highest BCUT2D eigenvalue weighted by Gasteiger charge is 2.45. The highest BCUT2D eigenvalue weighted by molar-refractivity contribution is 5.89. The normalized spacial score (nSPS) is 23.9. The molecule has 2 N–H and O–H groups in total. The number of piperazine rings is 1. The minimum absolute atomic E-state index is 0.149. The first-order valence-corrected chi connectivity index (χ1v) is 8.95. The van der Waals surface area contributed by atoms with E-state index in [2.05, 4.69) is 24.4 Å². The molecule has 2 saturated heterocycles. The molecule has 3 rings (SSSR count). The summed E-state index contributed by atoms with van der Waals surface area (Å²) in [4.78, 5) is 15.6. The van der Waals surface area contributed by atoms with Gasteiger partial charge in [-0.25, -0.2) is 0 Å². The van der Waals surface area contributed by atoms with Crippen LogP contribution in [-0.2, 0) is 14.9 Å². The van der Waals surface area contributed by atoms with E-state index in [0.717, 1.165) is 31.5 Å². The second-order valence-electron chi connectivity index (χ2n) is 6.92. The minimum atomic E-state index is -0.468. The SMILES string of the molecule is Cc1ccccc1C1(C(=O)N2CCNC(CCO)C2)CCOCC1. The highest BCUT2D eigenvalue weighted by Crippen LogP contribution is 2.38. The molecule has 2 aliphatic heterocycles. The van der Waals surface area contributed by atoms with E-state index in [4.69, 9.17) is 4.74 Å². The molecule has 0 aliphatic carbocycles. The zero-order valence-corrected chi connectivity index (χ0v) is 14.5. The average molecular weight is 332 g/mol. The Morgan fingerprint density at radius 2 is 2.12 bits per heavy atom. The molecule has 132 valence electrons. The molecule has 1 amide bonds. The topological polar surface area (TPSA) is 61.8 Å². The fourth-order valence-corrected chi connectivity index (χ4v) is 4.09. The molecule has 1 aromatic carbocycles. The van der Waals surface area contributed by atoms with Crippen molar-refractivity contribution in [2.45, 2.75) is 37.6 Å². The van der Waals surface area contributed by atoms with E-state index < -0.39 is 5.41 Å². The lowest BCUT2D eigenvalue weighted by molar-refractivity contribution is -0.142. The number of carbonyl (C=O) groups is 1. The fourth-order valence-electron chi connectivity index (χ4n) is 4.09. The molecular weight excluding hydrogens is 304 g/mol. The molecule has 0 bridgehead atoms. The number of aryl methyl sites for hydroxylation is 1. The predicted octanol–water partition coefficient (Wildman–Crippen LogP) is 1.23. The number of benzene rings is 1. The van der Waals surface area contributed by atoms with E-state index in [1.165, 1.54) is 5.56 Å². The number of aliphatic hydroxyl groups excluding tert-OH is 1. The summed E-state index contributed by atoms with van der Waals surface area (Å²) >= 11 is 0. The minimum Gasteiger partial charge on any atom is -0.396 e. The number of hydrogen-bond acceptors (Lipinski definition) is 4. The lowest BCUT2D eigenvalue weighted by atomic mass is 9.71. The van der Waals surface area contributed by atoms with Crippen molar-refractivity contribution in [2.75, 3.05) is 39.5 Å². The fraction of sp³-hybridized carbons (Fsp3) is 0.632. The first-order valence-electron chi connectivity index (χ1n) is 8.95. The monoisotopic (exact) mass is 332 g/mol. The maximum absolute atomic E-state index is 13.6. The second kappa shape index (κ2) is 7.64. The van der Waals surface area contributed by atoms with Gasteiger partial charge in [-0.05, 0) is 37.3 Å². The summed E-state index contributed by atoms with van der Waals surface area (Å²) in [7, 11) is 0. The molecule has 0 spiro atoms. The van der Waals surface area contributed by atoms with E-state index >= 15 is 0 Å². The summed E-state index contributed by atoms with van der Waals surface area (Å²) < 4.78 is 5.57. The Balaban J connectivity index is 1.88. The Bertz CT molecular complexity index is 567. The third kappa shape index (κ3) is 3.34. The Morgan fingerprint density at radius 3 is 2.83 bits per heavy atom. The van der Waals surface area contributed by atoms with Crippen LogP contribution in [0.2, 0.25) is 0 Å². The number of hydrogen-bond donors (Lipinski definition) is 2. The molecule has 0 saturated carbocycles. The van der Waals surface area contributed by atoms with E-state index in [9.17, 15) is 9.90 Å². The first-order chi connectivity index (χ1) is 11.7. The van der Waals surface area contributed by atoms with Crippen molar-refractivity contribution in [1.29, 1.82) is 0 Å². The van der Waals surface area contributed by atoms with Crippen LogP contribution in [0.1, 0.15) is 30.4 Å². The van der Waals surface area contributed by atoms with Crippen LogP contribution in [0, 0.1) is 6.92 Å². The Hall–Kier alpha value is -1.43. The van der Waals surface area contributed by atoms with Crippen molar-refractivity contribution >= 4 is 5.91 Å². The van der Waals surface area contributed by atoms with Crippen LogP contribution in [0.3, 0.4) is 0 Å². The average Bonchev–Trinajstić information content (AvgIpc) is 2.62. The Morgan fingerprint density at radius 1 is 1.38 bits per heavy atom. The first kappa shape index (κ1) is 17.4. The van der Waals surface area contributed by atoms with Crippen LogP contribution in [0.4, 0.5) is 0 Å². The lowest BCUT2D eigenvalue weighted by Gasteiger charge is -2.43. The largest absolute Gasteiger partial charge is 0.396 e. The summed E-state index contributed by atoms with van der Waals surface area (Å²) in [6.45, 7) is 5.70. The summed E-state index contributed by atoms with van der Waals surface area (Å²) in [5, 5.41) is 12.6. The lowest BCUT2D eigenvalue weighted by Crippen LogP contribution is -2.58. The second-order valence-corrected chi connectivity index (χ2v) is 6.92. The molecular formula is C19H28N2O3. The van der Waals surface area contributed by atoms with Crippen molar-refractivity contribution in [3.8, 4) is 0 Å². The van der Waals surface area contributed by atoms with Crippen LogP contribution in [0.15, 0.2) is 24.3 Å². The molecule has 2 heterocycles. The smallest absolute Gasteiger partial charge is 0.233 e. The van der Waals surface area contributed by atoms with Crippen LogP contribution in [0.25, 0.3) is 0 Å². The zero-order valence-electron chi connectivity index (χ0n) is 14.5. The van der Waals surface area contributed by atoms with Gasteiger partial charge in [0.15, 0.2) is 0 Å². The maximum atomic E-state index is 13.6. The molecule has 0 aromatic heterocycles. The van der Waals surface area contributed by atoms with Gasteiger partial charge in [-0.15, -0.1) is 0 Å². The van der Waals surface area contributed by atoms with Gasteiger partial charge in [0.1, 0.15) is 0 Å². The van der Waals surface area contributed by atoms with Gasteiger partial charge in [-0.3, -0.25) is 4.79 Å². The van der Waals surface area contributed by atoms with Gasteiger partial charge in [0, 0.05) is 45.5 Å². The molecule has 5 heteroatoms. The summed E-state index contributed by atoms with van der Waals surface area (Å²) in [5.41, 5.74) is 1.86. The molecule has 5 nitrogen and oxygen atoms in total.